The molecular formula is C15H29N3OS. The lowest BCUT2D eigenvalue weighted by Crippen LogP contribution is -2.35. The Morgan fingerprint density at radius 1 is 1.35 bits per heavy atom. The van der Waals surface area contributed by atoms with E-state index >= 15 is 0 Å². The van der Waals surface area contributed by atoms with Crippen molar-refractivity contribution in [3.63, 3.8) is 0 Å². The van der Waals surface area contributed by atoms with E-state index in [-0.39, 0.29) is 5.54 Å². The average Bonchev–Trinajstić information content (AvgIpc) is 2.82. The van der Waals surface area contributed by atoms with Gasteiger partial charge in [0.15, 0.2) is 0 Å². The summed E-state index contributed by atoms with van der Waals surface area (Å²) in [6, 6.07) is 0. The maximum atomic E-state index is 5.42. The van der Waals surface area contributed by atoms with Gasteiger partial charge < -0.3 is 10.1 Å². The van der Waals surface area contributed by atoms with Gasteiger partial charge in [0, 0.05) is 37.2 Å². The molecule has 0 radical (unpaired) electrons. The number of nitrogens with zero attached hydrogens (tertiary/aromatic N) is 2. The maximum Gasteiger partial charge on any atom is 0.107 e. The van der Waals surface area contributed by atoms with Crippen LogP contribution in [0.4, 0.5) is 0 Å². The van der Waals surface area contributed by atoms with E-state index in [1.165, 1.54) is 5.69 Å². The van der Waals surface area contributed by atoms with E-state index < -0.39 is 0 Å². The minimum atomic E-state index is 0.138. The molecule has 0 unspecified atom stereocenters. The van der Waals surface area contributed by atoms with Crippen molar-refractivity contribution in [1.82, 2.24) is 15.2 Å². The highest BCUT2D eigenvalue weighted by Crippen LogP contribution is 2.13. The van der Waals surface area contributed by atoms with Gasteiger partial charge in [-0.2, -0.15) is 0 Å². The summed E-state index contributed by atoms with van der Waals surface area (Å²) < 4.78 is 5.42. The number of thiazole rings is 1. The van der Waals surface area contributed by atoms with Gasteiger partial charge in [-0.1, -0.05) is 6.92 Å². The van der Waals surface area contributed by atoms with E-state index in [0.717, 1.165) is 44.4 Å². The number of aromatic nitrogens is 1. The van der Waals surface area contributed by atoms with E-state index in [9.17, 15) is 0 Å². The fourth-order valence-electron chi connectivity index (χ4n) is 1.76. The van der Waals surface area contributed by atoms with Gasteiger partial charge in [0.25, 0.3) is 0 Å². The fraction of sp³-hybridized carbons (Fsp3) is 0.800. The maximum absolute atomic E-state index is 5.42. The third-order valence-corrected chi connectivity index (χ3v) is 3.86. The second-order valence-corrected chi connectivity index (χ2v) is 6.84. The summed E-state index contributed by atoms with van der Waals surface area (Å²) in [5.41, 5.74) is 1.30. The van der Waals surface area contributed by atoms with Gasteiger partial charge in [0.2, 0.25) is 0 Å². The molecule has 0 saturated heterocycles. The molecule has 0 aliphatic rings. The predicted molar refractivity (Wildman–Crippen MR) is 86.2 cm³/mol. The smallest absolute Gasteiger partial charge is 0.107 e. The first-order chi connectivity index (χ1) is 9.44. The molecular weight excluding hydrogens is 270 g/mol. The second kappa shape index (κ2) is 8.72. The van der Waals surface area contributed by atoms with Gasteiger partial charge >= 0.3 is 0 Å². The highest BCUT2D eigenvalue weighted by molar-refractivity contribution is 7.09. The molecule has 0 aromatic carbocycles. The zero-order chi connectivity index (χ0) is 15.0. The quantitative estimate of drug-likeness (QED) is 0.712. The standard InChI is InChI=1S/C15H29N3OS/c1-6-18(8-9-19-7-2)11-13-12-20-14(17-13)10-16-15(3,4)5/h12,16H,6-11H2,1-5H3. The van der Waals surface area contributed by atoms with Gasteiger partial charge in [-0.25, -0.2) is 4.98 Å². The third kappa shape index (κ3) is 7.33. The molecule has 0 bridgehead atoms. The first-order valence-electron chi connectivity index (χ1n) is 7.43. The molecule has 1 aromatic rings. The molecule has 0 atom stereocenters. The summed E-state index contributed by atoms with van der Waals surface area (Å²) in [4.78, 5) is 7.07. The molecule has 0 saturated carbocycles. The summed E-state index contributed by atoms with van der Waals surface area (Å²) in [7, 11) is 0. The molecule has 1 N–H and O–H groups in total. The minimum absolute atomic E-state index is 0.138. The molecule has 1 aromatic heterocycles. The zero-order valence-corrected chi connectivity index (χ0v) is 14.3. The SMILES string of the molecule is CCOCCN(CC)Cc1csc(CNC(C)(C)C)n1. The number of hydrogen-bond acceptors (Lipinski definition) is 5. The Kier molecular flexibility index (Phi) is 7.66. The van der Waals surface area contributed by atoms with Crippen molar-refractivity contribution < 1.29 is 4.74 Å². The van der Waals surface area contributed by atoms with Crippen LogP contribution in [-0.2, 0) is 17.8 Å². The van der Waals surface area contributed by atoms with Gasteiger partial charge in [-0.15, -0.1) is 11.3 Å². The van der Waals surface area contributed by atoms with Crippen molar-refractivity contribution in [2.75, 3.05) is 26.3 Å². The Labute approximate surface area is 127 Å². The topological polar surface area (TPSA) is 37.4 Å². The van der Waals surface area contributed by atoms with Crippen LogP contribution in [0.15, 0.2) is 5.38 Å². The van der Waals surface area contributed by atoms with Crippen LogP contribution >= 0.6 is 11.3 Å². The van der Waals surface area contributed by atoms with Crippen molar-refractivity contribution in [2.24, 2.45) is 0 Å². The largest absolute Gasteiger partial charge is 0.380 e. The van der Waals surface area contributed by atoms with Gasteiger partial charge in [0.1, 0.15) is 5.01 Å². The molecule has 1 heterocycles. The molecule has 4 nitrogen and oxygen atoms in total. The number of rotatable bonds is 9. The summed E-state index contributed by atoms with van der Waals surface area (Å²) in [6.45, 7) is 16.1. The summed E-state index contributed by atoms with van der Waals surface area (Å²) in [5.74, 6) is 0. The van der Waals surface area contributed by atoms with E-state index in [1.807, 2.05) is 6.92 Å². The van der Waals surface area contributed by atoms with Crippen LogP contribution in [0, 0.1) is 0 Å². The van der Waals surface area contributed by atoms with E-state index in [1.54, 1.807) is 11.3 Å². The van der Waals surface area contributed by atoms with Crippen LogP contribution in [0.1, 0.15) is 45.3 Å². The lowest BCUT2D eigenvalue weighted by Gasteiger charge is -2.19. The number of ether oxygens (including phenoxy) is 1. The molecule has 0 aliphatic carbocycles. The monoisotopic (exact) mass is 299 g/mol. The minimum Gasteiger partial charge on any atom is -0.380 e. The first kappa shape index (κ1) is 17.6. The average molecular weight is 299 g/mol. The zero-order valence-electron chi connectivity index (χ0n) is 13.5. The highest BCUT2D eigenvalue weighted by Gasteiger charge is 2.11. The Morgan fingerprint density at radius 3 is 2.70 bits per heavy atom. The van der Waals surface area contributed by atoms with Gasteiger partial charge in [-0.05, 0) is 34.2 Å². The molecule has 0 aliphatic heterocycles. The van der Waals surface area contributed by atoms with Crippen LogP contribution in [0.25, 0.3) is 0 Å². The van der Waals surface area contributed by atoms with Crippen molar-refractivity contribution in [3.05, 3.63) is 16.1 Å². The van der Waals surface area contributed by atoms with E-state index in [4.69, 9.17) is 9.72 Å². The Hall–Kier alpha value is -0.490. The summed E-state index contributed by atoms with van der Waals surface area (Å²) >= 11 is 1.74. The fourth-order valence-corrected chi connectivity index (χ4v) is 2.48. The summed E-state index contributed by atoms with van der Waals surface area (Å²) in [5, 5.41) is 6.81. The lowest BCUT2D eigenvalue weighted by molar-refractivity contribution is 0.112. The van der Waals surface area contributed by atoms with Crippen LogP contribution in [-0.4, -0.2) is 41.7 Å². The number of likely N-dealkylation sites (N-methyl/N-ethyl adjacent to an activating group) is 1. The van der Waals surface area contributed by atoms with Crippen LogP contribution < -0.4 is 5.32 Å². The molecule has 20 heavy (non-hydrogen) atoms. The second-order valence-electron chi connectivity index (χ2n) is 5.90. The third-order valence-electron chi connectivity index (χ3n) is 2.96. The van der Waals surface area contributed by atoms with Gasteiger partial charge in [-0.3, -0.25) is 4.90 Å². The lowest BCUT2D eigenvalue weighted by atomic mass is 10.1. The van der Waals surface area contributed by atoms with Crippen molar-refractivity contribution in [2.45, 2.75) is 53.2 Å². The van der Waals surface area contributed by atoms with Crippen LogP contribution in [0.2, 0.25) is 0 Å². The molecule has 5 heteroatoms. The highest BCUT2D eigenvalue weighted by atomic mass is 32.1. The van der Waals surface area contributed by atoms with E-state index in [2.05, 4.69) is 43.3 Å². The summed E-state index contributed by atoms with van der Waals surface area (Å²) in [6.07, 6.45) is 0. The first-order valence-corrected chi connectivity index (χ1v) is 8.31. The van der Waals surface area contributed by atoms with Crippen molar-refractivity contribution >= 4 is 11.3 Å². The number of nitrogens with one attached hydrogen (secondary N) is 1. The molecule has 1 rings (SSSR count). The Morgan fingerprint density at radius 2 is 2.10 bits per heavy atom. The molecule has 116 valence electrons. The van der Waals surface area contributed by atoms with Crippen LogP contribution in [0.3, 0.4) is 0 Å². The van der Waals surface area contributed by atoms with Crippen molar-refractivity contribution in [3.8, 4) is 0 Å². The molecule has 0 spiro atoms. The predicted octanol–water partition coefficient (Wildman–Crippen LogP) is 2.89. The van der Waals surface area contributed by atoms with Gasteiger partial charge in [0.05, 0.1) is 12.3 Å². The Bertz CT molecular complexity index is 373. The van der Waals surface area contributed by atoms with Crippen LogP contribution in [0.5, 0.6) is 0 Å². The molecule has 0 amide bonds. The molecule has 0 fully saturated rings. The number of hydrogen-bond donors (Lipinski definition) is 1. The van der Waals surface area contributed by atoms with Crippen molar-refractivity contribution in [1.29, 1.82) is 0 Å². The Balaban J connectivity index is 2.41. The van der Waals surface area contributed by atoms with E-state index in [0.29, 0.717) is 0 Å². The normalized spacial score (nSPS) is 12.3.